The molecule has 0 saturated heterocycles. The van der Waals surface area contributed by atoms with Crippen LogP contribution in [0.25, 0.3) is 0 Å². The molecule has 0 heterocycles. The first kappa shape index (κ1) is 16.6. The van der Waals surface area contributed by atoms with Crippen LogP contribution in [-0.4, -0.2) is 65.4 Å². The van der Waals surface area contributed by atoms with Crippen molar-refractivity contribution < 1.29 is 25.3 Å². The molecule has 0 aliphatic heterocycles. The Morgan fingerprint density at radius 3 is 1.43 bits per heavy atom. The van der Waals surface area contributed by atoms with Gasteiger partial charge in [-0.2, -0.15) is 0 Å². The zero-order valence-corrected chi connectivity index (χ0v) is 7.19. The molecule has 0 unspecified atom stereocenters. The molecule has 1 saturated carbocycles. The van der Waals surface area contributed by atoms with Crippen LogP contribution in [0, 0.1) is 11.8 Å². The van der Waals surface area contributed by atoms with Gasteiger partial charge in [-0.15, -0.1) is 0 Å². The molecule has 1 aliphatic rings. The zero-order valence-electron chi connectivity index (χ0n) is 7.19. The topological polar surface area (TPSA) is 106 Å². The van der Waals surface area contributed by atoms with Crippen LogP contribution in [0.4, 0.5) is 0 Å². The Kier molecular flexibility index (Phi) is 8.83. The molecular formula is C8H16CaO5. The van der Waals surface area contributed by atoms with Gasteiger partial charge in [0.2, 0.25) is 0 Å². The van der Waals surface area contributed by atoms with E-state index in [9.17, 15) is 9.59 Å². The molecule has 0 bridgehead atoms. The zero-order chi connectivity index (χ0) is 9.14. The first-order valence-corrected chi connectivity index (χ1v) is 4.08. The van der Waals surface area contributed by atoms with Crippen molar-refractivity contribution in [2.75, 3.05) is 0 Å². The van der Waals surface area contributed by atoms with Crippen molar-refractivity contribution in [1.29, 1.82) is 0 Å². The molecule has 1 aliphatic carbocycles. The van der Waals surface area contributed by atoms with Crippen molar-refractivity contribution in [1.82, 2.24) is 0 Å². The van der Waals surface area contributed by atoms with E-state index in [0.29, 0.717) is 12.8 Å². The molecule has 0 aromatic carbocycles. The van der Waals surface area contributed by atoms with Crippen molar-refractivity contribution in [3.63, 3.8) is 0 Å². The molecule has 0 spiro atoms. The number of carboxylic acids is 2. The quantitative estimate of drug-likeness (QED) is 0.609. The van der Waals surface area contributed by atoms with Gasteiger partial charge in [0.05, 0.1) is 11.8 Å². The van der Waals surface area contributed by atoms with Gasteiger partial charge in [0.1, 0.15) is 0 Å². The second kappa shape index (κ2) is 7.45. The van der Waals surface area contributed by atoms with Gasteiger partial charge < -0.3 is 15.7 Å². The van der Waals surface area contributed by atoms with E-state index < -0.39 is 23.8 Å². The predicted molar refractivity (Wildman–Crippen MR) is 52.9 cm³/mol. The van der Waals surface area contributed by atoms with Gasteiger partial charge in [0, 0.05) is 0 Å². The van der Waals surface area contributed by atoms with E-state index in [1.165, 1.54) is 0 Å². The van der Waals surface area contributed by atoms with E-state index in [2.05, 4.69) is 0 Å². The van der Waals surface area contributed by atoms with Gasteiger partial charge in [-0.3, -0.25) is 9.59 Å². The summed E-state index contributed by atoms with van der Waals surface area (Å²) in [6, 6.07) is 0. The van der Waals surface area contributed by atoms with Gasteiger partial charge in [0.15, 0.2) is 0 Å². The minimum atomic E-state index is -0.970. The maximum absolute atomic E-state index is 10.6. The van der Waals surface area contributed by atoms with Gasteiger partial charge in [-0.25, -0.2) is 0 Å². The predicted octanol–water partition coefficient (Wildman–Crippen LogP) is -0.779. The molecule has 5 nitrogen and oxygen atoms in total. The summed E-state index contributed by atoms with van der Waals surface area (Å²) in [5.74, 6) is -3.28. The minimum absolute atomic E-state index is 0. The van der Waals surface area contributed by atoms with Gasteiger partial charge in [-0.05, 0) is 12.8 Å². The Morgan fingerprint density at radius 2 is 1.21 bits per heavy atom. The van der Waals surface area contributed by atoms with Gasteiger partial charge in [0.25, 0.3) is 0 Å². The van der Waals surface area contributed by atoms with E-state index in [1.54, 1.807) is 0 Å². The molecule has 14 heavy (non-hydrogen) atoms. The normalized spacial score (nSPS) is 25.4. The monoisotopic (exact) mass is 232 g/mol. The summed E-state index contributed by atoms with van der Waals surface area (Å²) in [5, 5.41) is 17.4. The van der Waals surface area contributed by atoms with Crippen LogP contribution in [-0.2, 0) is 9.59 Å². The third-order valence-electron chi connectivity index (χ3n) is 2.40. The fourth-order valence-corrected chi connectivity index (χ4v) is 1.72. The van der Waals surface area contributed by atoms with E-state index in [0.717, 1.165) is 12.8 Å². The number of rotatable bonds is 2. The summed E-state index contributed by atoms with van der Waals surface area (Å²) in [6.07, 6.45) is 2.68. The Morgan fingerprint density at radius 1 is 0.929 bits per heavy atom. The summed E-state index contributed by atoms with van der Waals surface area (Å²) < 4.78 is 0. The van der Waals surface area contributed by atoms with Crippen LogP contribution < -0.4 is 0 Å². The third kappa shape index (κ3) is 4.13. The Labute approximate surface area is 112 Å². The van der Waals surface area contributed by atoms with Gasteiger partial charge >= 0.3 is 49.7 Å². The summed E-state index contributed by atoms with van der Waals surface area (Å²) in [4.78, 5) is 21.2. The fourth-order valence-electron chi connectivity index (χ4n) is 1.72. The van der Waals surface area contributed by atoms with Crippen LogP contribution in [0.3, 0.4) is 0 Å². The van der Waals surface area contributed by atoms with E-state index in [1.807, 2.05) is 0 Å². The van der Waals surface area contributed by atoms with Crippen LogP contribution in [0.15, 0.2) is 0 Å². The van der Waals surface area contributed by atoms with Crippen LogP contribution >= 0.6 is 0 Å². The number of aliphatic carboxylic acids is 2. The summed E-state index contributed by atoms with van der Waals surface area (Å²) in [6.45, 7) is 0. The molecule has 0 aromatic heterocycles. The van der Waals surface area contributed by atoms with Crippen molar-refractivity contribution in [3.05, 3.63) is 0 Å². The number of hydrogen-bond acceptors (Lipinski definition) is 2. The van der Waals surface area contributed by atoms with E-state index >= 15 is 0 Å². The summed E-state index contributed by atoms with van der Waals surface area (Å²) in [7, 11) is 0. The van der Waals surface area contributed by atoms with Crippen molar-refractivity contribution in [2.24, 2.45) is 11.8 Å². The van der Waals surface area contributed by atoms with Crippen molar-refractivity contribution in [3.8, 4) is 0 Å². The van der Waals surface area contributed by atoms with Crippen LogP contribution in [0.5, 0.6) is 0 Å². The van der Waals surface area contributed by atoms with Crippen LogP contribution in [0.2, 0.25) is 0 Å². The van der Waals surface area contributed by atoms with Gasteiger partial charge in [-0.1, -0.05) is 12.8 Å². The average Bonchev–Trinajstić information content (AvgIpc) is 2.04. The summed E-state index contributed by atoms with van der Waals surface area (Å²) in [5.41, 5.74) is 0. The maximum atomic E-state index is 10.6. The molecular weight excluding hydrogens is 216 g/mol. The van der Waals surface area contributed by atoms with Crippen molar-refractivity contribution in [2.45, 2.75) is 25.7 Å². The molecule has 0 radical (unpaired) electrons. The molecule has 4 N–H and O–H groups in total. The first-order valence-electron chi connectivity index (χ1n) is 4.08. The molecule has 80 valence electrons. The standard InChI is InChI=1S/C8H12O4.Ca.H2O.2H/c9-7(10)5-3-1-2-4-6(5)8(11)12;;;;/h5-6H,1-4H2,(H,9,10)(H,11,12);;1H2;;/t5-,6+;;;;. The first-order chi connectivity index (χ1) is 5.63. The Bertz CT molecular complexity index is 184. The molecule has 1 fully saturated rings. The SMILES string of the molecule is O.O=C(O)[C@H]1CCCC[C@H]1C(=O)O.[CaH2]. The molecule has 0 aromatic rings. The average molecular weight is 232 g/mol. The number of carbonyl (C=O) groups is 2. The number of hydrogen-bond donors (Lipinski definition) is 2. The number of carboxylic acid groups (broad SMARTS) is 2. The molecule has 2 atom stereocenters. The fraction of sp³-hybridized carbons (Fsp3) is 0.750. The van der Waals surface area contributed by atoms with E-state index in [-0.39, 0.29) is 43.2 Å². The third-order valence-corrected chi connectivity index (χ3v) is 2.40. The van der Waals surface area contributed by atoms with Crippen LogP contribution in [0.1, 0.15) is 25.7 Å². The Balaban J connectivity index is 0. The molecule has 0 amide bonds. The summed E-state index contributed by atoms with van der Waals surface area (Å²) >= 11 is 0. The molecule has 6 heteroatoms. The van der Waals surface area contributed by atoms with E-state index in [4.69, 9.17) is 10.2 Å². The Hall–Kier alpha value is 0.160. The van der Waals surface area contributed by atoms with Crippen molar-refractivity contribution >= 4 is 49.7 Å². The molecule has 1 rings (SSSR count). The second-order valence-corrected chi connectivity index (χ2v) is 3.17. The second-order valence-electron chi connectivity index (χ2n) is 3.17.